The summed E-state index contributed by atoms with van der Waals surface area (Å²) in [5.41, 5.74) is 1.88. The molecule has 0 aliphatic rings. The van der Waals surface area contributed by atoms with Crippen molar-refractivity contribution in [2.75, 3.05) is 25.5 Å². The number of hydrogen-bond acceptors (Lipinski definition) is 2. The highest BCUT2D eigenvalue weighted by Crippen LogP contribution is 2.20. The number of unbranched alkanes of at least 4 members (excludes halogenated alkanes) is 2. The molecule has 23 heavy (non-hydrogen) atoms. The van der Waals surface area contributed by atoms with Gasteiger partial charge in [0, 0.05) is 36.7 Å². The van der Waals surface area contributed by atoms with Gasteiger partial charge in [-0.3, -0.25) is 9.79 Å². The Kier molecular flexibility index (Phi) is 9.36. The number of halogens is 1. The third-order valence-electron chi connectivity index (χ3n) is 3.41. The minimum atomic E-state index is -0.0138. The van der Waals surface area contributed by atoms with E-state index in [1.807, 2.05) is 25.1 Å². The summed E-state index contributed by atoms with van der Waals surface area (Å²) in [7, 11) is 1.74. The lowest BCUT2D eigenvalue weighted by atomic mass is 10.2. The normalized spacial score (nSPS) is 11.2. The van der Waals surface area contributed by atoms with Crippen LogP contribution in [0.3, 0.4) is 0 Å². The lowest BCUT2D eigenvalue weighted by Crippen LogP contribution is -2.39. The molecule has 0 saturated carbocycles. The van der Waals surface area contributed by atoms with Gasteiger partial charge in [0.15, 0.2) is 5.96 Å². The number of benzene rings is 1. The van der Waals surface area contributed by atoms with Crippen LogP contribution >= 0.6 is 15.9 Å². The quantitative estimate of drug-likeness (QED) is 0.366. The van der Waals surface area contributed by atoms with E-state index in [0.717, 1.165) is 34.6 Å². The predicted octanol–water partition coefficient (Wildman–Crippen LogP) is 3.44. The molecule has 1 aromatic carbocycles. The first kappa shape index (κ1) is 19.5. The van der Waals surface area contributed by atoms with Crippen molar-refractivity contribution in [2.24, 2.45) is 4.99 Å². The van der Waals surface area contributed by atoms with Gasteiger partial charge in [0.05, 0.1) is 0 Å². The van der Waals surface area contributed by atoms with Crippen LogP contribution in [-0.2, 0) is 4.79 Å². The SMILES string of the molecule is CCCCCNC(=NC)NCCC(=O)Nc1cc(Br)ccc1C. The second-order valence-electron chi connectivity index (χ2n) is 5.39. The Morgan fingerprint density at radius 1 is 1.22 bits per heavy atom. The van der Waals surface area contributed by atoms with Crippen LogP contribution in [-0.4, -0.2) is 32.0 Å². The van der Waals surface area contributed by atoms with Crippen molar-refractivity contribution in [3.05, 3.63) is 28.2 Å². The van der Waals surface area contributed by atoms with Gasteiger partial charge in [-0.25, -0.2) is 0 Å². The molecule has 0 aromatic heterocycles. The zero-order chi connectivity index (χ0) is 17.1. The van der Waals surface area contributed by atoms with Gasteiger partial charge in [0.2, 0.25) is 5.91 Å². The number of carbonyl (C=O) groups is 1. The van der Waals surface area contributed by atoms with Crippen LogP contribution in [0.4, 0.5) is 5.69 Å². The number of nitrogens with one attached hydrogen (secondary N) is 3. The van der Waals surface area contributed by atoms with Crippen LogP contribution in [0.1, 0.15) is 38.2 Å². The number of hydrogen-bond donors (Lipinski definition) is 3. The zero-order valence-electron chi connectivity index (χ0n) is 14.2. The molecule has 1 aromatic rings. The molecular formula is C17H27BrN4O. The molecule has 5 nitrogen and oxygen atoms in total. The molecule has 0 heterocycles. The first-order valence-corrected chi connectivity index (χ1v) is 8.86. The topological polar surface area (TPSA) is 65.5 Å². The van der Waals surface area contributed by atoms with Crippen LogP contribution in [0.25, 0.3) is 0 Å². The number of rotatable bonds is 8. The Morgan fingerprint density at radius 3 is 2.65 bits per heavy atom. The summed E-state index contributed by atoms with van der Waals surface area (Å²) in [6, 6.07) is 5.84. The van der Waals surface area contributed by atoms with Crippen LogP contribution in [0.15, 0.2) is 27.7 Å². The molecular weight excluding hydrogens is 356 g/mol. The summed E-state index contributed by atoms with van der Waals surface area (Å²) in [6.07, 6.45) is 3.92. The first-order valence-electron chi connectivity index (χ1n) is 8.07. The molecule has 0 aliphatic carbocycles. The van der Waals surface area contributed by atoms with Crippen LogP contribution < -0.4 is 16.0 Å². The number of nitrogens with zero attached hydrogens (tertiary/aromatic N) is 1. The number of aliphatic imine (C=N–C) groups is 1. The Hall–Kier alpha value is -1.56. The molecule has 0 saturated heterocycles. The van der Waals surface area contributed by atoms with Crippen molar-refractivity contribution in [1.82, 2.24) is 10.6 Å². The summed E-state index contributed by atoms with van der Waals surface area (Å²) in [6.45, 7) is 5.60. The Labute approximate surface area is 147 Å². The van der Waals surface area contributed by atoms with Gasteiger partial charge in [0.1, 0.15) is 0 Å². The summed E-state index contributed by atoms with van der Waals surface area (Å²) in [5, 5.41) is 9.34. The smallest absolute Gasteiger partial charge is 0.226 e. The number of anilines is 1. The van der Waals surface area contributed by atoms with E-state index in [2.05, 4.69) is 43.8 Å². The number of guanidine groups is 1. The number of aryl methyl sites for hydroxylation is 1. The Morgan fingerprint density at radius 2 is 1.96 bits per heavy atom. The minimum absolute atomic E-state index is 0.0138. The van der Waals surface area contributed by atoms with Crippen molar-refractivity contribution < 1.29 is 4.79 Å². The molecule has 3 N–H and O–H groups in total. The molecule has 0 atom stereocenters. The fraction of sp³-hybridized carbons (Fsp3) is 0.529. The number of amides is 1. The van der Waals surface area contributed by atoms with Gasteiger partial charge in [-0.15, -0.1) is 0 Å². The average Bonchev–Trinajstić information content (AvgIpc) is 2.53. The predicted molar refractivity (Wildman–Crippen MR) is 101 cm³/mol. The highest BCUT2D eigenvalue weighted by molar-refractivity contribution is 9.10. The fourth-order valence-corrected chi connectivity index (χ4v) is 2.40. The molecule has 0 unspecified atom stereocenters. The lowest BCUT2D eigenvalue weighted by molar-refractivity contribution is -0.116. The third kappa shape index (κ3) is 8.02. The molecule has 0 fully saturated rings. The number of carbonyl (C=O) groups excluding carboxylic acids is 1. The van der Waals surface area contributed by atoms with Crippen molar-refractivity contribution in [3.63, 3.8) is 0 Å². The molecule has 128 valence electrons. The molecule has 0 spiro atoms. The van der Waals surface area contributed by atoms with E-state index < -0.39 is 0 Å². The highest BCUT2D eigenvalue weighted by Gasteiger charge is 2.06. The van der Waals surface area contributed by atoms with E-state index in [1.54, 1.807) is 7.05 Å². The fourth-order valence-electron chi connectivity index (χ4n) is 2.04. The van der Waals surface area contributed by atoms with Gasteiger partial charge < -0.3 is 16.0 Å². The van der Waals surface area contributed by atoms with Gasteiger partial charge >= 0.3 is 0 Å². The van der Waals surface area contributed by atoms with Gasteiger partial charge in [-0.05, 0) is 31.0 Å². The maximum atomic E-state index is 12.0. The van der Waals surface area contributed by atoms with Crippen LogP contribution in [0.2, 0.25) is 0 Å². The van der Waals surface area contributed by atoms with E-state index >= 15 is 0 Å². The standard InChI is InChI=1S/C17H27BrN4O/c1-4-5-6-10-20-17(19-3)21-11-9-16(23)22-15-12-14(18)8-7-13(15)2/h7-8,12H,4-6,9-11H2,1-3H3,(H,22,23)(H2,19,20,21). The average molecular weight is 383 g/mol. The van der Waals surface area contributed by atoms with Crippen LogP contribution in [0, 0.1) is 6.92 Å². The van der Waals surface area contributed by atoms with Gasteiger partial charge in [-0.1, -0.05) is 41.8 Å². The molecule has 1 rings (SSSR count). The van der Waals surface area contributed by atoms with E-state index in [0.29, 0.717) is 13.0 Å². The third-order valence-corrected chi connectivity index (χ3v) is 3.91. The lowest BCUT2D eigenvalue weighted by Gasteiger charge is -2.12. The Balaban J connectivity index is 2.31. The van der Waals surface area contributed by atoms with Crippen molar-refractivity contribution >= 4 is 33.5 Å². The molecule has 0 aliphatic heterocycles. The largest absolute Gasteiger partial charge is 0.356 e. The van der Waals surface area contributed by atoms with E-state index in [1.165, 1.54) is 12.8 Å². The summed E-state index contributed by atoms with van der Waals surface area (Å²) >= 11 is 3.41. The minimum Gasteiger partial charge on any atom is -0.356 e. The van der Waals surface area contributed by atoms with Crippen molar-refractivity contribution in [3.8, 4) is 0 Å². The molecule has 0 bridgehead atoms. The maximum Gasteiger partial charge on any atom is 0.226 e. The molecule has 6 heteroatoms. The molecule has 1 amide bonds. The van der Waals surface area contributed by atoms with E-state index in [9.17, 15) is 4.79 Å². The van der Waals surface area contributed by atoms with Crippen molar-refractivity contribution in [2.45, 2.75) is 39.5 Å². The second kappa shape index (κ2) is 11.0. The molecule has 0 radical (unpaired) electrons. The monoisotopic (exact) mass is 382 g/mol. The van der Waals surface area contributed by atoms with Crippen molar-refractivity contribution in [1.29, 1.82) is 0 Å². The maximum absolute atomic E-state index is 12.0. The highest BCUT2D eigenvalue weighted by atomic mass is 79.9. The van der Waals surface area contributed by atoms with Gasteiger partial charge in [0.25, 0.3) is 0 Å². The zero-order valence-corrected chi connectivity index (χ0v) is 15.8. The van der Waals surface area contributed by atoms with Crippen LogP contribution in [0.5, 0.6) is 0 Å². The van der Waals surface area contributed by atoms with E-state index in [4.69, 9.17) is 0 Å². The Bertz CT molecular complexity index is 531. The summed E-state index contributed by atoms with van der Waals surface area (Å²) < 4.78 is 0.952. The second-order valence-corrected chi connectivity index (χ2v) is 6.31. The first-order chi connectivity index (χ1) is 11.1. The summed E-state index contributed by atoms with van der Waals surface area (Å²) in [4.78, 5) is 16.2. The summed E-state index contributed by atoms with van der Waals surface area (Å²) in [5.74, 6) is 0.729. The van der Waals surface area contributed by atoms with Gasteiger partial charge in [-0.2, -0.15) is 0 Å². The van der Waals surface area contributed by atoms with E-state index in [-0.39, 0.29) is 5.91 Å².